The molecule has 0 radical (unpaired) electrons. The molecule has 4 nitrogen and oxygen atoms in total. The van der Waals surface area contributed by atoms with Gasteiger partial charge in [0.1, 0.15) is 0 Å². The molecule has 1 heterocycles. The van der Waals surface area contributed by atoms with Gasteiger partial charge < -0.3 is 15.6 Å². The summed E-state index contributed by atoms with van der Waals surface area (Å²) >= 11 is 10.7. The largest absolute Gasteiger partial charge is 0.354 e. The van der Waals surface area contributed by atoms with Crippen LogP contribution in [0.4, 0.5) is 0 Å². The summed E-state index contributed by atoms with van der Waals surface area (Å²) in [6.07, 6.45) is 1.73. The predicted octanol–water partition coefficient (Wildman–Crippen LogP) is 4.75. The van der Waals surface area contributed by atoms with Crippen molar-refractivity contribution in [1.29, 1.82) is 0 Å². The third kappa shape index (κ3) is 4.42. The molecule has 2 aromatic rings. The standard InChI is InChI=1S/C17H22Br3N3O/c1-4-9(2)15(21-3)17(24)22-6-5-10-11-7-12(18)13(19)8-14(11)23-16(10)20/h7-9,15,21,23H,4-6H2,1-3H3,(H,22,24)/t9-,15+/m1/s1. The predicted molar refractivity (Wildman–Crippen MR) is 110 cm³/mol. The van der Waals surface area contributed by atoms with Crippen LogP contribution in [0.25, 0.3) is 10.9 Å². The van der Waals surface area contributed by atoms with E-state index in [9.17, 15) is 4.79 Å². The van der Waals surface area contributed by atoms with Gasteiger partial charge >= 0.3 is 0 Å². The molecule has 0 aliphatic heterocycles. The lowest BCUT2D eigenvalue weighted by atomic mass is 9.98. The van der Waals surface area contributed by atoms with E-state index in [1.165, 1.54) is 5.56 Å². The van der Waals surface area contributed by atoms with Crippen LogP contribution in [0.3, 0.4) is 0 Å². The monoisotopic (exact) mass is 521 g/mol. The molecule has 0 saturated heterocycles. The molecule has 7 heteroatoms. The summed E-state index contributed by atoms with van der Waals surface area (Å²) in [5.74, 6) is 0.370. The van der Waals surface area contributed by atoms with Gasteiger partial charge in [-0.25, -0.2) is 0 Å². The first-order chi connectivity index (χ1) is 11.4. The molecular formula is C17H22Br3N3O. The number of likely N-dealkylation sites (N-methyl/N-ethyl adjacent to an activating group) is 1. The van der Waals surface area contributed by atoms with Crippen molar-refractivity contribution >= 4 is 64.6 Å². The second-order valence-electron chi connectivity index (χ2n) is 5.92. The minimum absolute atomic E-state index is 0.0618. The van der Waals surface area contributed by atoms with Gasteiger partial charge in [-0.1, -0.05) is 20.3 Å². The van der Waals surface area contributed by atoms with Gasteiger partial charge in [-0.3, -0.25) is 4.79 Å². The summed E-state index contributed by atoms with van der Waals surface area (Å²) in [7, 11) is 1.84. The molecule has 24 heavy (non-hydrogen) atoms. The smallest absolute Gasteiger partial charge is 0.237 e. The van der Waals surface area contributed by atoms with Gasteiger partial charge in [0, 0.05) is 26.4 Å². The van der Waals surface area contributed by atoms with Crippen LogP contribution in [0, 0.1) is 5.92 Å². The average Bonchev–Trinajstić information content (AvgIpc) is 2.83. The quantitative estimate of drug-likeness (QED) is 0.490. The maximum atomic E-state index is 12.3. The maximum absolute atomic E-state index is 12.3. The topological polar surface area (TPSA) is 56.9 Å². The third-order valence-electron chi connectivity index (χ3n) is 4.38. The summed E-state index contributed by atoms with van der Waals surface area (Å²) in [6.45, 7) is 4.79. The minimum Gasteiger partial charge on any atom is -0.354 e. The van der Waals surface area contributed by atoms with E-state index in [-0.39, 0.29) is 11.9 Å². The van der Waals surface area contributed by atoms with Gasteiger partial charge in [-0.05, 0) is 84.9 Å². The van der Waals surface area contributed by atoms with Gasteiger partial charge in [0.15, 0.2) is 0 Å². The fraction of sp³-hybridized carbons (Fsp3) is 0.471. The maximum Gasteiger partial charge on any atom is 0.237 e. The fourth-order valence-corrected chi connectivity index (χ4v) is 4.10. The number of benzene rings is 1. The highest BCUT2D eigenvalue weighted by Gasteiger charge is 2.21. The molecule has 0 fully saturated rings. The molecule has 0 bridgehead atoms. The van der Waals surface area contributed by atoms with Crippen LogP contribution in [0.1, 0.15) is 25.8 Å². The SMILES string of the molecule is CC[C@@H](C)[C@H](NC)C(=O)NCCc1c(Br)[nH]c2cc(Br)c(Br)cc12. The number of carbonyl (C=O) groups is 1. The number of rotatable bonds is 7. The molecule has 1 amide bonds. The summed E-state index contributed by atoms with van der Waals surface area (Å²) in [6, 6.07) is 3.99. The number of hydrogen-bond donors (Lipinski definition) is 3. The lowest BCUT2D eigenvalue weighted by Gasteiger charge is -2.21. The Morgan fingerprint density at radius 1 is 1.25 bits per heavy atom. The number of carbonyl (C=O) groups excluding carboxylic acids is 1. The minimum atomic E-state index is -0.147. The molecule has 2 rings (SSSR count). The normalized spacial score (nSPS) is 13.9. The highest BCUT2D eigenvalue weighted by Crippen LogP contribution is 2.33. The highest BCUT2D eigenvalue weighted by molar-refractivity contribution is 9.13. The number of aromatic nitrogens is 1. The number of amides is 1. The van der Waals surface area contributed by atoms with E-state index in [0.29, 0.717) is 12.5 Å². The molecule has 132 valence electrons. The third-order valence-corrected chi connectivity index (χ3v) is 6.90. The van der Waals surface area contributed by atoms with Crippen molar-refractivity contribution in [3.63, 3.8) is 0 Å². The van der Waals surface area contributed by atoms with Crippen molar-refractivity contribution in [2.75, 3.05) is 13.6 Å². The Kier molecular flexibility index (Phi) is 7.34. The molecule has 0 spiro atoms. The van der Waals surface area contributed by atoms with Crippen molar-refractivity contribution in [1.82, 2.24) is 15.6 Å². The van der Waals surface area contributed by atoms with E-state index < -0.39 is 0 Å². The Hall–Kier alpha value is -0.370. The number of H-pyrrole nitrogens is 1. The van der Waals surface area contributed by atoms with Crippen LogP contribution in [-0.4, -0.2) is 30.5 Å². The Balaban J connectivity index is 2.07. The summed E-state index contributed by atoms with van der Waals surface area (Å²) in [5.41, 5.74) is 2.23. The van der Waals surface area contributed by atoms with E-state index >= 15 is 0 Å². The van der Waals surface area contributed by atoms with Gasteiger partial charge in [0.25, 0.3) is 0 Å². The molecule has 0 aliphatic rings. The van der Waals surface area contributed by atoms with Gasteiger partial charge in [0.2, 0.25) is 5.91 Å². The molecule has 0 saturated carbocycles. The van der Waals surface area contributed by atoms with Crippen molar-refractivity contribution in [2.24, 2.45) is 5.92 Å². The second kappa shape index (κ2) is 8.83. The van der Waals surface area contributed by atoms with Crippen molar-refractivity contribution in [3.8, 4) is 0 Å². The first-order valence-corrected chi connectivity index (χ1v) is 10.4. The molecule has 2 atom stereocenters. The van der Waals surface area contributed by atoms with Crippen LogP contribution in [0.5, 0.6) is 0 Å². The molecular weight excluding hydrogens is 502 g/mol. The summed E-state index contributed by atoms with van der Waals surface area (Å²) in [5, 5.41) is 7.31. The zero-order chi connectivity index (χ0) is 17.9. The Bertz CT molecular complexity index is 729. The molecule has 1 aromatic carbocycles. The Morgan fingerprint density at radius 2 is 1.92 bits per heavy atom. The number of aromatic amines is 1. The average molecular weight is 524 g/mol. The Labute approximate surface area is 167 Å². The van der Waals surface area contributed by atoms with E-state index in [2.05, 4.69) is 83.3 Å². The van der Waals surface area contributed by atoms with E-state index in [1.54, 1.807) is 0 Å². The number of nitrogens with one attached hydrogen (secondary N) is 3. The zero-order valence-electron chi connectivity index (χ0n) is 14.0. The molecule has 0 aliphatic carbocycles. The lowest BCUT2D eigenvalue weighted by Crippen LogP contribution is -2.46. The lowest BCUT2D eigenvalue weighted by molar-refractivity contribution is -0.124. The van der Waals surface area contributed by atoms with Gasteiger partial charge in [-0.15, -0.1) is 0 Å². The number of halogens is 3. The molecule has 1 aromatic heterocycles. The Morgan fingerprint density at radius 3 is 2.54 bits per heavy atom. The van der Waals surface area contributed by atoms with Crippen LogP contribution in [0.2, 0.25) is 0 Å². The molecule has 3 N–H and O–H groups in total. The van der Waals surface area contributed by atoms with Crippen molar-refractivity contribution in [2.45, 2.75) is 32.7 Å². The van der Waals surface area contributed by atoms with Crippen molar-refractivity contribution in [3.05, 3.63) is 31.2 Å². The van der Waals surface area contributed by atoms with E-state index in [0.717, 1.165) is 37.3 Å². The van der Waals surface area contributed by atoms with Crippen LogP contribution >= 0.6 is 47.8 Å². The zero-order valence-corrected chi connectivity index (χ0v) is 18.7. The summed E-state index contributed by atoms with van der Waals surface area (Å²) in [4.78, 5) is 15.7. The van der Waals surface area contributed by atoms with Crippen LogP contribution in [-0.2, 0) is 11.2 Å². The van der Waals surface area contributed by atoms with Crippen LogP contribution < -0.4 is 10.6 Å². The fourth-order valence-electron chi connectivity index (χ4n) is 2.79. The van der Waals surface area contributed by atoms with Crippen molar-refractivity contribution < 1.29 is 4.79 Å². The summed E-state index contributed by atoms with van der Waals surface area (Å²) < 4.78 is 2.98. The van der Waals surface area contributed by atoms with Gasteiger partial charge in [-0.2, -0.15) is 0 Å². The highest BCUT2D eigenvalue weighted by atomic mass is 79.9. The van der Waals surface area contributed by atoms with E-state index in [1.807, 2.05) is 13.1 Å². The van der Waals surface area contributed by atoms with Gasteiger partial charge in [0.05, 0.1) is 10.6 Å². The molecule has 0 unspecified atom stereocenters. The number of hydrogen-bond acceptors (Lipinski definition) is 2. The first-order valence-electron chi connectivity index (χ1n) is 7.99. The first kappa shape index (κ1) is 19.9. The van der Waals surface area contributed by atoms with E-state index in [4.69, 9.17) is 0 Å². The number of fused-ring (bicyclic) bond motifs is 1. The second-order valence-corrected chi connectivity index (χ2v) is 8.42. The van der Waals surface area contributed by atoms with Crippen LogP contribution in [0.15, 0.2) is 25.7 Å².